The number of thiophene rings is 1. The highest BCUT2D eigenvalue weighted by molar-refractivity contribution is 7.21. The fraction of sp³-hybridized carbons (Fsp3) is 0.300. The molecular weight excluding hydrogens is 378 g/mol. The minimum atomic E-state index is -0.244. The van der Waals surface area contributed by atoms with Crippen molar-refractivity contribution in [3.05, 3.63) is 39.9 Å². The number of aromatic nitrogens is 1. The molecule has 0 aliphatic rings. The lowest BCUT2D eigenvalue weighted by atomic mass is 10.1. The smallest absolute Gasteiger partial charge is 0.263 e. The maximum absolute atomic E-state index is 12.7. The Hall–Kier alpha value is -3.00. The maximum atomic E-state index is 12.7. The van der Waals surface area contributed by atoms with Crippen molar-refractivity contribution in [1.82, 2.24) is 10.3 Å². The molecule has 0 atom stereocenters. The van der Waals surface area contributed by atoms with Crippen LogP contribution in [0, 0.1) is 13.8 Å². The number of carbonyl (C=O) groups excluding carboxylic acids is 1. The summed E-state index contributed by atoms with van der Waals surface area (Å²) in [5.41, 5.74) is 9.43. The molecule has 0 fully saturated rings. The summed E-state index contributed by atoms with van der Waals surface area (Å²) in [7, 11) is 4.65. The number of aryl methyl sites for hydroxylation is 2. The molecular formula is C20H23N3O4S. The summed E-state index contributed by atoms with van der Waals surface area (Å²) in [5, 5.41) is 3.74. The van der Waals surface area contributed by atoms with Crippen molar-refractivity contribution in [3.8, 4) is 17.2 Å². The first kappa shape index (κ1) is 19.8. The summed E-state index contributed by atoms with van der Waals surface area (Å²) in [6.07, 6.45) is 0. The van der Waals surface area contributed by atoms with Gasteiger partial charge in [0, 0.05) is 17.6 Å². The van der Waals surface area contributed by atoms with Gasteiger partial charge < -0.3 is 25.3 Å². The molecule has 7 nitrogen and oxygen atoms in total. The van der Waals surface area contributed by atoms with Gasteiger partial charge in [-0.3, -0.25) is 4.79 Å². The average Bonchev–Trinajstić information content (AvgIpc) is 3.01. The Kier molecular flexibility index (Phi) is 5.60. The zero-order valence-corrected chi connectivity index (χ0v) is 17.3. The standard InChI is InChI=1S/C20H23N3O4S/c1-10-6-11(2)23-20-15(10)16(21)18(28-20)19(24)22-9-12-7-13(25-3)17(27-5)14(8-12)26-4/h6-8H,9,21H2,1-5H3,(H,22,24). The number of hydrogen-bond donors (Lipinski definition) is 2. The third-order valence-corrected chi connectivity index (χ3v) is 5.51. The van der Waals surface area contributed by atoms with Crippen molar-refractivity contribution in [2.45, 2.75) is 20.4 Å². The number of methoxy groups -OCH3 is 3. The van der Waals surface area contributed by atoms with E-state index in [1.807, 2.05) is 19.9 Å². The van der Waals surface area contributed by atoms with E-state index in [0.717, 1.165) is 27.0 Å². The molecule has 2 aromatic heterocycles. The molecule has 3 rings (SSSR count). The van der Waals surface area contributed by atoms with E-state index < -0.39 is 0 Å². The molecule has 0 bridgehead atoms. The molecule has 8 heteroatoms. The van der Waals surface area contributed by atoms with E-state index in [0.29, 0.717) is 27.8 Å². The molecule has 3 N–H and O–H groups in total. The highest BCUT2D eigenvalue weighted by Crippen LogP contribution is 2.38. The highest BCUT2D eigenvalue weighted by atomic mass is 32.1. The van der Waals surface area contributed by atoms with Gasteiger partial charge in [-0.2, -0.15) is 0 Å². The number of nitrogens with one attached hydrogen (secondary N) is 1. The Labute approximate surface area is 167 Å². The fourth-order valence-electron chi connectivity index (χ4n) is 3.14. The first-order chi connectivity index (χ1) is 13.4. The van der Waals surface area contributed by atoms with Gasteiger partial charge in [0.05, 0.1) is 27.0 Å². The van der Waals surface area contributed by atoms with E-state index in [4.69, 9.17) is 19.9 Å². The Balaban J connectivity index is 1.86. The lowest BCUT2D eigenvalue weighted by Gasteiger charge is -2.14. The number of nitrogens with two attached hydrogens (primary N) is 1. The van der Waals surface area contributed by atoms with Gasteiger partial charge in [-0.05, 0) is 43.2 Å². The number of hydrogen-bond acceptors (Lipinski definition) is 7. The molecule has 2 heterocycles. The van der Waals surface area contributed by atoms with E-state index in [9.17, 15) is 4.79 Å². The van der Waals surface area contributed by atoms with Crippen LogP contribution in [0.5, 0.6) is 17.2 Å². The van der Waals surface area contributed by atoms with Crippen LogP contribution in [-0.4, -0.2) is 32.2 Å². The van der Waals surface area contributed by atoms with E-state index in [1.165, 1.54) is 11.3 Å². The summed E-state index contributed by atoms with van der Waals surface area (Å²) in [4.78, 5) is 18.5. The molecule has 0 radical (unpaired) electrons. The molecule has 1 amide bonds. The van der Waals surface area contributed by atoms with Crippen LogP contribution >= 0.6 is 11.3 Å². The third-order valence-electron chi connectivity index (χ3n) is 4.41. The Morgan fingerprint density at radius 1 is 1.11 bits per heavy atom. The monoisotopic (exact) mass is 401 g/mol. The second-order valence-electron chi connectivity index (χ2n) is 6.32. The summed E-state index contributed by atoms with van der Waals surface area (Å²) in [5.74, 6) is 1.32. The quantitative estimate of drug-likeness (QED) is 0.657. The number of anilines is 1. The van der Waals surface area contributed by atoms with Crippen molar-refractivity contribution in [3.63, 3.8) is 0 Å². The predicted octanol–water partition coefficient (Wildman–Crippen LogP) is 3.45. The van der Waals surface area contributed by atoms with Gasteiger partial charge in [0.1, 0.15) is 9.71 Å². The molecule has 0 aliphatic heterocycles. The summed E-state index contributed by atoms with van der Waals surface area (Å²) >= 11 is 1.30. The van der Waals surface area contributed by atoms with E-state index in [1.54, 1.807) is 33.5 Å². The normalized spacial score (nSPS) is 10.8. The minimum Gasteiger partial charge on any atom is -0.493 e. The van der Waals surface area contributed by atoms with Gasteiger partial charge in [-0.1, -0.05) is 0 Å². The van der Waals surface area contributed by atoms with Crippen molar-refractivity contribution in [2.75, 3.05) is 27.1 Å². The van der Waals surface area contributed by atoms with Gasteiger partial charge in [0.25, 0.3) is 5.91 Å². The third kappa shape index (κ3) is 3.55. The number of amides is 1. The summed E-state index contributed by atoms with van der Waals surface area (Å²) in [6.45, 7) is 4.18. The van der Waals surface area contributed by atoms with Crippen LogP contribution in [0.15, 0.2) is 18.2 Å². The van der Waals surface area contributed by atoms with Gasteiger partial charge in [0.15, 0.2) is 11.5 Å². The van der Waals surface area contributed by atoms with E-state index in [2.05, 4.69) is 10.3 Å². The highest BCUT2D eigenvalue weighted by Gasteiger charge is 2.19. The molecule has 148 valence electrons. The number of pyridine rings is 1. The van der Waals surface area contributed by atoms with Crippen molar-refractivity contribution >= 4 is 33.1 Å². The van der Waals surface area contributed by atoms with Crippen molar-refractivity contribution < 1.29 is 19.0 Å². The molecule has 0 saturated heterocycles. The Morgan fingerprint density at radius 3 is 2.32 bits per heavy atom. The van der Waals surface area contributed by atoms with Crippen molar-refractivity contribution in [2.24, 2.45) is 0 Å². The SMILES string of the molecule is COc1cc(CNC(=O)c2sc3nc(C)cc(C)c3c2N)cc(OC)c1OC. The average molecular weight is 401 g/mol. The minimum absolute atomic E-state index is 0.244. The topological polar surface area (TPSA) is 95.7 Å². The van der Waals surface area contributed by atoms with Crippen LogP contribution in [0.3, 0.4) is 0 Å². The van der Waals surface area contributed by atoms with Crippen LogP contribution in [-0.2, 0) is 6.54 Å². The molecule has 0 saturated carbocycles. The van der Waals surface area contributed by atoms with Crippen LogP contribution in [0.25, 0.3) is 10.2 Å². The first-order valence-electron chi connectivity index (χ1n) is 8.62. The van der Waals surface area contributed by atoms with Gasteiger partial charge in [-0.25, -0.2) is 4.98 Å². The molecule has 0 aliphatic carbocycles. The lowest BCUT2D eigenvalue weighted by molar-refractivity contribution is 0.0955. The summed E-state index contributed by atoms with van der Waals surface area (Å²) < 4.78 is 16.0. The maximum Gasteiger partial charge on any atom is 0.263 e. The number of rotatable bonds is 6. The van der Waals surface area contributed by atoms with E-state index >= 15 is 0 Å². The molecule has 28 heavy (non-hydrogen) atoms. The predicted molar refractivity (Wildman–Crippen MR) is 111 cm³/mol. The fourth-order valence-corrected chi connectivity index (χ4v) is 4.27. The zero-order valence-electron chi connectivity index (χ0n) is 16.5. The Bertz CT molecular complexity index is 1020. The largest absolute Gasteiger partial charge is 0.493 e. The number of benzene rings is 1. The molecule has 3 aromatic rings. The lowest BCUT2D eigenvalue weighted by Crippen LogP contribution is -2.22. The number of carbonyl (C=O) groups is 1. The molecule has 0 unspecified atom stereocenters. The van der Waals surface area contributed by atoms with E-state index in [-0.39, 0.29) is 12.5 Å². The number of fused-ring (bicyclic) bond motifs is 1. The number of nitrogens with zero attached hydrogens (tertiary/aromatic N) is 1. The summed E-state index contributed by atoms with van der Waals surface area (Å²) in [6, 6.07) is 5.55. The van der Waals surface area contributed by atoms with Gasteiger partial charge in [-0.15, -0.1) is 11.3 Å². The van der Waals surface area contributed by atoms with Crippen LogP contribution in [0.4, 0.5) is 5.69 Å². The second-order valence-corrected chi connectivity index (χ2v) is 7.32. The van der Waals surface area contributed by atoms with Crippen LogP contribution < -0.4 is 25.3 Å². The Morgan fingerprint density at radius 2 is 1.75 bits per heavy atom. The number of ether oxygens (including phenoxy) is 3. The van der Waals surface area contributed by atoms with Crippen LogP contribution in [0.2, 0.25) is 0 Å². The van der Waals surface area contributed by atoms with Gasteiger partial charge in [0.2, 0.25) is 5.75 Å². The van der Waals surface area contributed by atoms with Gasteiger partial charge >= 0.3 is 0 Å². The second kappa shape index (κ2) is 7.93. The van der Waals surface area contributed by atoms with Crippen molar-refractivity contribution in [1.29, 1.82) is 0 Å². The molecule has 0 spiro atoms. The first-order valence-corrected chi connectivity index (χ1v) is 9.44. The zero-order chi connectivity index (χ0) is 20.4. The molecule has 1 aromatic carbocycles. The van der Waals surface area contributed by atoms with Crippen LogP contribution in [0.1, 0.15) is 26.5 Å². The number of nitrogen functional groups attached to an aromatic ring is 1.